The number of hydrogen-bond donors (Lipinski definition) is 0. The number of unbranched alkanes of at least 4 members (excludes halogenated alkanes) is 48. The molecule has 0 fully saturated rings. The molecular weight excluding hydrogens is 685 g/mol. The highest BCUT2D eigenvalue weighted by Gasteiger charge is 1.99. The van der Waals surface area contributed by atoms with Gasteiger partial charge in [0.25, 0.3) is 0 Å². The van der Waals surface area contributed by atoms with E-state index in [-0.39, 0.29) is 0 Å². The first kappa shape index (κ1) is 54.2. The molecule has 0 radical (unpaired) electrons. The summed E-state index contributed by atoms with van der Waals surface area (Å²) >= 11 is 0. The minimum absolute atomic E-state index is 1.26. The lowest BCUT2D eigenvalue weighted by molar-refractivity contribution is 0.508. The highest BCUT2D eigenvalue weighted by atomic mass is 14.1. The molecule has 0 atom stereocenters. The van der Waals surface area contributed by atoms with Crippen molar-refractivity contribution in [3.8, 4) is 0 Å². The summed E-state index contributed by atoms with van der Waals surface area (Å²) < 4.78 is 0. The molecule has 0 saturated carbocycles. The fourth-order valence-corrected chi connectivity index (χ4v) is 9.36. The van der Waals surface area contributed by atoms with Gasteiger partial charge in [0.05, 0.1) is 0 Å². The summed E-state index contributed by atoms with van der Waals surface area (Å²) in [6.45, 7) is 2.31. The second-order valence-corrected chi connectivity index (χ2v) is 19.2. The minimum Gasteiger partial charge on any atom is -0.0654 e. The largest absolute Gasteiger partial charge is 0.0654 e. The van der Waals surface area contributed by atoms with Crippen molar-refractivity contribution in [2.24, 2.45) is 0 Å². The first-order valence-electron chi connectivity index (χ1n) is 27.5. The van der Waals surface area contributed by atoms with Crippen molar-refractivity contribution < 1.29 is 0 Å². The van der Waals surface area contributed by atoms with Crippen LogP contribution in [0.25, 0.3) is 0 Å². The van der Waals surface area contributed by atoms with Crippen LogP contribution in [0.3, 0.4) is 0 Å². The Morgan fingerprint density at radius 1 is 0.193 bits per heavy atom. The maximum atomic E-state index is 2.31. The third-order valence-electron chi connectivity index (χ3n) is 13.4. The van der Waals surface area contributed by atoms with Crippen molar-refractivity contribution in [1.82, 2.24) is 0 Å². The zero-order chi connectivity index (χ0) is 40.5. The molecule has 0 N–H and O–H groups in total. The predicted molar refractivity (Wildman–Crippen MR) is 262 cm³/mol. The number of benzene rings is 1. The molecule has 1 rings (SSSR count). The van der Waals surface area contributed by atoms with Crippen LogP contribution in [0.4, 0.5) is 0 Å². The normalized spacial score (nSPS) is 11.6. The lowest BCUT2D eigenvalue weighted by Crippen LogP contribution is -1.86. The molecule has 0 aliphatic carbocycles. The number of hydrogen-bond acceptors (Lipinski definition) is 0. The van der Waals surface area contributed by atoms with Gasteiger partial charge < -0.3 is 0 Å². The summed E-state index contributed by atoms with van der Waals surface area (Å²) in [5, 5.41) is 0. The second-order valence-electron chi connectivity index (χ2n) is 19.2. The van der Waals surface area contributed by atoms with Crippen molar-refractivity contribution in [3.63, 3.8) is 0 Å². The summed E-state index contributed by atoms with van der Waals surface area (Å²) in [7, 11) is 0. The molecule has 0 aliphatic heterocycles. The van der Waals surface area contributed by atoms with E-state index in [9.17, 15) is 0 Å². The number of aryl methyl sites for hydroxylation is 1. The topological polar surface area (TPSA) is 0 Å². The maximum absolute atomic E-state index is 2.31. The van der Waals surface area contributed by atoms with E-state index in [1.807, 2.05) is 0 Å². The molecule has 0 unspecified atom stereocenters. The standard InChI is InChI=1S/C57H108/c1-2-3-4-5-6-7-8-9-10-11-12-13-14-15-16-17-18-19-20-21-22-23-24-25-26-27-28-29-30-31-32-33-34-35-36-37-38-39-40-41-42-43-44-45-46-47-48-49-51-54-57-55-52-50-53-56-57/h50,52-53,55-56H,2-49,51,54H2,1H3. The average molecular weight is 793 g/mol. The average Bonchev–Trinajstić information content (AvgIpc) is 3.23. The Labute approximate surface area is 362 Å². The van der Waals surface area contributed by atoms with Crippen LogP contribution in [-0.4, -0.2) is 0 Å². The van der Waals surface area contributed by atoms with Crippen molar-refractivity contribution in [2.45, 2.75) is 328 Å². The fraction of sp³-hybridized carbons (Fsp3) is 0.895. The van der Waals surface area contributed by atoms with Gasteiger partial charge in [0.2, 0.25) is 0 Å². The SMILES string of the molecule is CCCCCCCCCCCCCCCCCCCCCCCCCCCCCCCCCCCCCCCCCCCCCCCCCCCc1ccccc1. The molecule has 1 aromatic rings. The Bertz CT molecular complexity index is 811. The molecule has 0 saturated heterocycles. The Morgan fingerprint density at radius 3 is 0.526 bits per heavy atom. The van der Waals surface area contributed by atoms with Gasteiger partial charge in [-0.3, -0.25) is 0 Å². The van der Waals surface area contributed by atoms with E-state index >= 15 is 0 Å². The third-order valence-corrected chi connectivity index (χ3v) is 13.4. The van der Waals surface area contributed by atoms with E-state index in [0.29, 0.717) is 0 Å². The van der Waals surface area contributed by atoms with E-state index in [4.69, 9.17) is 0 Å². The molecule has 0 spiro atoms. The quantitative estimate of drug-likeness (QED) is 0.0577. The third kappa shape index (κ3) is 46.1. The van der Waals surface area contributed by atoms with Gasteiger partial charge in [-0.25, -0.2) is 0 Å². The van der Waals surface area contributed by atoms with Crippen LogP contribution in [0.1, 0.15) is 327 Å². The van der Waals surface area contributed by atoms with Crippen LogP contribution in [0.2, 0.25) is 0 Å². The summed E-state index contributed by atoms with van der Waals surface area (Å²) in [5.74, 6) is 0. The molecule has 0 amide bonds. The molecule has 0 heteroatoms. The lowest BCUT2D eigenvalue weighted by Gasteiger charge is -2.05. The van der Waals surface area contributed by atoms with Crippen LogP contribution in [-0.2, 0) is 6.42 Å². The predicted octanol–water partition coefficient (Wildman–Crippen LogP) is 21.4. The lowest BCUT2D eigenvalue weighted by atomic mass is 10.0. The van der Waals surface area contributed by atoms with Crippen molar-refractivity contribution >= 4 is 0 Å². The smallest absolute Gasteiger partial charge is 0.0279 e. The molecule has 0 heterocycles. The van der Waals surface area contributed by atoms with E-state index < -0.39 is 0 Å². The second kappa shape index (κ2) is 49.6. The summed E-state index contributed by atoms with van der Waals surface area (Å²) in [5.41, 5.74) is 1.51. The molecule has 0 aromatic heterocycles. The van der Waals surface area contributed by atoms with Gasteiger partial charge in [-0.2, -0.15) is 0 Å². The van der Waals surface area contributed by atoms with Gasteiger partial charge in [-0.05, 0) is 18.4 Å². The Hall–Kier alpha value is -0.780. The highest BCUT2D eigenvalue weighted by Crippen LogP contribution is 2.19. The highest BCUT2D eigenvalue weighted by molar-refractivity contribution is 5.14. The maximum Gasteiger partial charge on any atom is -0.0279 e. The van der Waals surface area contributed by atoms with Gasteiger partial charge in [-0.15, -0.1) is 0 Å². The molecule has 57 heavy (non-hydrogen) atoms. The molecule has 0 nitrogen and oxygen atoms in total. The van der Waals surface area contributed by atoms with E-state index in [1.54, 1.807) is 0 Å². The van der Waals surface area contributed by atoms with E-state index in [0.717, 1.165) is 0 Å². The Balaban J connectivity index is 1.59. The molecule has 0 bridgehead atoms. The first-order valence-corrected chi connectivity index (χ1v) is 27.5. The zero-order valence-corrected chi connectivity index (χ0v) is 39.7. The van der Waals surface area contributed by atoms with Gasteiger partial charge in [0.15, 0.2) is 0 Å². The van der Waals surface area contributed by atoms with Crippen molar-refractivity contribution in [3.05, 3.63) is 35.9 Å². The minimum atomic E-state index is 1.26. The fourth-order valence-electron chi connectivity index (χ4n) is 9.36. The van der Waals surface area contributed by atoms with E-state index in [1.165, 1.54) is 327 Å². The monoisotopic (exact) mass is 793 g/mol. The van der Waals surface area contributed by atoms with Gasteiger partial charge >= 0.3 is 0 Å². The molecular formula is C57H108. The summed E-state index contributed by atoms with van der Waals surface area (Å²) in [6.07, 6.45) is 73.8. The Morgan fingerprint density at radius 2 is 0.351 bits per heavy atom. The van der Waals surface area contributed by atoms with Gasteiger partial charge in [0.1, 0.15) is 0 Å². The number of rotatable bonds is 50. The summed E-state index contributed by atoms with van der Waals surface area (Å²) in [6, 6.07) is 11.0. The molecule has 1 aromatic carbocycles. The van der Waals surface area contributed by atoms with E-state index in [2.05, 4.69) is 37.3 Å². The van der Waals surface area contributed by atoms with Crippen LogP contribution in [0.15, 0.2) is 30.3 Å². The van der Waals surface area contributed by atoms with Gasteiger partial charge in [-0.1, -0.05) is 345 Å². The Kier molecular flexibility index (Phi) is 47.2. The van der Waals surface area contributed by atoms with Crippen molar-refractivity contribution in [2.75, 3.05) is 0 Å². The van der Waals surface area contributed by atoms with Gasteiger partial charge in [0, 0.05) is 0 Å². The van der Waals surface area contributed by atoms with Crippen LogP contribution < -0.4 is 0 Å². The first-order chi connectivity index (χ1) is 28.4. The van der Waals surface area contributed by atoms with Crippen LogP contribution in [0.5, 0.6) is 0 Å². The molecule has 0 aliphatic rings. The zero-order valence-electron chi connectivity index (χ0n) is 39.7. The van der Waals surface area contributed by atoms with Crippen molar-refractivity contribution in [1.29, 1.82) is 0 Å². The summed E-state index contributed by atoms with van der Waals surface area (Å²) in [4.78, 5) is 0. The van der Waals surface area contributed by atoms with Crippen LogP contribution in [0, 0.1) is 0 Å². The van der Waals surface area contributed by atoms with Crippen LogP contribution >= 0.6 is 0 Å². The molecule has 336 valence electrons.